The molecule has 1 N–H and O–H groups in total. The second-order valence-corrected chi connectivity index (χ2v) is 6.41. The molecule has 0 fully saturated rings. The van der Waals surface area contributed by atoms with Crippen molar-refractivity contribution in [2.45, 2.75) is 6.54 Å². The molecule has 6 heteroatoms. The fourth-order valence-corrected chi connectivity index (χ4v) is 3.59. The van der Waals surface area contributed by atoms with Gasteiger partial charge in [-0.2, -0.15) is 0 Å². The molecule has 0 saturated heterocycles. The summed E-state index contributed by atoms with van der Waals surface area (Å²) < 4.78 is 0. The highest BCUT2D eigenvalue weighted by atomic mass is 35.5. The molecule has 0 radical (unpaired) electrons. The lowest BCUT2D eigenvalue weighted by molar-refractivity contribution is 0.406. The van der Waals surface area contributed by atoms with Crippen molar-refractivity contribution >= 4 is 56.3 Å². The fraction of sp³-hybridized carbons (Fsp3) is 0.214. The highest BCUT2D eigenvalue weighted by Gasteiger charge is 2.10. The van der Waals surface area contributed by atoms with Crippen LogP contribution in [-0.4, -0.2) is 24.0 Å². The number of hydrogen-bond acceptors (Lipinski definition) is 3. The van der Waals surface area contributed by atoms with Gasteiger partial charge in [-0.25, -0.2) is 0 Å². The third-order valence-corrected chi connectivity index (χ3v) is 4.27. The van der Waals surface area contributed by atoms with Crippen LogP contribution in [0, 0.1) is 0 Å². The number of hydrogen-bond donors (Lipinski definition) is 1. The first-order valence-electron chi connectivity index (χ1n) is 5.93. The van der Waals surface area contributed by atoms with Crippen molar-refractivity contribution in [2.75, 3.05) is 14.1 Å². The van der Waals surface area contributed by atoms with Crippen LogP contribution in [0.2, 0.25) is 5.02 Å². The Morgan fingerprint density at radius 1 is 1.20 bits per heavy atom. The lowest BCUT2D eigenvalue weighted by Gasteiger charge is -2.05. The maximum atomic E-state index is 12.0. The first kappa shape index (κ1) is 15.3. The Morgan fingerprint density at radius 3 is 2.65 bits per heavy atom. The standard InChI is InChI=1S/C14H13ClN2OS.ClH/c1-17(2)7-9-6-12-11-5-8(15)3-4-10(11)13(18)16-14(12)19-9;/h3-6H,7H2,1-2H3,(H,16,18);1H. The summed E-state index contributed by atoms with van der Waals surface area (Å²) in [4.78, 5) is 19.2. The van der Waals surface area contributed by atoms with Crippen LogP contribution in [0.5, 0.6) is 0 Å². The SMILES string of the molecule is CN(C)Cc1cc2c([nH]c(=O)c3ccc(Cl)cc32)s1.Cl. The smallest absolute Gasteiger partial charge is 0.256 e. The molecule has 106 valence electrons. The van der Waals surface area contributed by atoms with Gasteiger partial charge in [0.15, 0.2) is 0 Å². The molecule has 3 nitrogen and oxygen atoms in total. The van der Waals surface area contributed by atoms with E-state index in [0.29, 0.717) is 10.4 Å². The second-order valence-electron chi connectivity index (χ2n) is 4.84. The number of fused-ring (bicyclic) bond motifs is 3. The summed E-state index contributed by atoms with van der Waals surface area (Å²) in [6, 6.07) is 7.52. The molecule has 20 heavy (non-hydrogen) atoms. The first-order chi connectivity index (χ1) is 9.04. The van der Waals surface area contributed by atoms with Gasteiger partial charge in [-0.05, 0) is 43.7 Å². The van der Waals surface area contributed by atoms with Crippen molar-refractivity contribution in [3.8, 4) is 0 Å². The average Bonchev–Trinajstić information content (AvgIpc) is 2.70. The Balaban J connectivity index is 0.00000147. The van der Waals surface area contributed by atoms with Gasteiger partial charge in [-0.1, -0.05) is 11.6 Å². The van der Waals surface area contributed by atoms with Gasteiger partial charge in [0.05, 0.1) is 0 Å². The van der Waals surface area contributed by atoms with Crippen LogP contribution in [-0.2, 0) is 6.54 Å². The molecule has 0 saturated carbocycles. The van der Waals surface area contributed by atoms with Crippen molar-refractivity contribution in [1.82, 2.24) is 9.88 Å². The molecule has 0 atom stereocenters. The van der Waals surface area contributed by atoms with Crippen LogP contribution in [0.15, 0.2) is 29.1 Å². The van der Waals surface area contributed by atoms with E-state index in [1.807, 2.05) is 20.2 Å². The summed E-state index contributed by atoms with van der Waals surface area (Å²) in [5.74, 6) is 0. The van der Waals surface area contributed by atoms with Crippen LogP contribution >= 0.6 is 35.3 Å². The van der Waals surface area contributed by atoms with Gasteiger partial charge in [0, 0.05) is 27.2 Å². The lowest BCUT2D eigenvalue weighted by atomic mass is 10.1. The van der Waals surface area contributed by atoms with Gasteiger partial charge in [0.1, 0.15) is 4.83 Å². The first-order valence-corrected chi connectivity index (χ1v) is 7.13. The van der Waals surface area contributed by atoms with Gasteiger partial charge >= 0.3 is 0 Å². The molecular formula is C14H14Cl2N2OS. The summed E-state index contributed by atoms with van der Waals surface area (Å²) in [6.07, 6.45) is 0. The van der Waals surface area contributed by atoms with E-state index in [0.717, 1.165) is 22.1 Å². The van der Waals surface area contributed by atoms with Gasteiger partial charge in [-0.3, -0.25) is 4.79 Å². The van der Waals surface area contributed by atoms with E-state index in [1.165, 1.54) is 4.88 Å². The molecule has 3 aromatic rings. The van der Waals surface area contributed by atoms with E-state index in [1.54, 1.807) is 23.5 Å². The number of halogens is 2. The zero-order valence-corrected chi connectivity index (χ0v) is 13.5. The van der Waals surface area contributed by atoms with Gasteiger partial charge in [0.2, 0.25) is 0 Å². The van der Waals surface area contributed by atoms with E-state index >= 15 is 0 Å². The van der Waals surface area contributed by atoms with Crippen LogP contribution in [0.3, 0.4) is 0 Å². The Bertz CT molecular complexity index is 823. The molecule has 0 unspecified atom stereocenters. The molecule has 1 aromatic carbocycles. The highest BCUT2D eigenvalue weighted by Crippen LogP contribution is 2.30. The average molecular weight is 329 g/mol. The van der Waals surface area contributed by atoms with Crippen molar-refractivity contribution < 1.29 is 0 Å². The van der Waals surface area contributed by atoms with Crippen molar-refractivity contribution in [1.29, 1.82) is 0 Å². The van der Waals surface area contributed by atoms with Crippen molar-refractivity contribution in [3.05, 3.63) is 44.5 Å². The Hall–Kier alpha value is -1.07. The van der Waals surface area contributed by atoms with E-state index in [4.69, 9.17) is 11.6 Å². The topological polar surface area (TPSA) is 36.1 Å². The van der Waals surface area contributed by atoms with E-state index in [2.05, 4.69) is 16.0 Å². The molecule has 3 rings (SSSR count). The van der Waals surface area contributed by atoms with Crippen molar-refractivity contribution in [2.24, 2.45) is 0 Å². The Morgan fingerprint density at radius 2 is 1.95 bits per heavy atom. The zero-order chi connectivity index (χ0) is 13.6. The molecule has 0 aliphatic carbocycles. The van der Waals surface area contributed by atoms with Gasteiger partial charge in [-0.15, -0.1) is 23.7 Å². The molecule has 2 aromatic heterocycles. The Kier molecular flexibility index (Phi) is 4.39. The third-order valence-electron chi connectivity index (χ3n) is 3.00. The highest BCUT2D eigenvalue weighted by molar-refractivity contribution is 7.18. The normalized spacial score (nSPS) is 11.2. The van der Waals surface area contributed by atoms with Crippen molar-refractivity contribution in [3.63, 3.8) is 0 Å². The number of rotatable bonds is 2. The Labute approximate surface area is 131 Å². The third kappa shape index (κ3) is 2.69. The maximum Gasteiger partial charge on any atom is 0.256 e. The largest absolute Gasteiger partial charge is 0.313 e. The number of nitrogens with one attached hydrogen (secondary N) is 1. The quantitative estimate of drug-likeness (QED) is 0.774. The molecule has 0 amide bonds. The summed E-state index contributed by atoms with van der Waals surface area (Å²) in [7, 11) is 4.06. The predicted molar refractivity (Wildman–Crippen MR) is 89.6 cm³/mol. The number of benzene rings is 1. The van der Waals surface area contributed by atoms with Crippen LogP contribution in [0.4, 0.5) is 0 Å². The number of aromatic nitrogens is 1. The van der Waals surface area contributed by atoms with Gasteiger partial charge < -0.3 is 9.88 Å². The molecule has 0 aliphatic rings. The molecule has 0 bridgehead atoms. The predicted octanol–water partition coefficient (Wildman–Crippen LogP) is 3.88. The molecule has 0 spiro atoms. The maximum absolute atomic E-state index is 12.0. The summed E-state index contributed by atoms with van der Waals surface area (Å²) in [5, 5.41) is 3.33. The number of H-pyrrole nitrogens is 1. The second kappa shape index (κ2) is 5.74. The van der Waals surface area contributed by atoms with Crippen LogP contribution < -0.4 is 5.56 Å². The summed E-state index contributed by atoms with van der Waals surface area (Å²) in [6.45, 7) is 0.865. The number of thiophene rings is 1. The molecular weight excluding hydrogens is 315 g/mol. The fourth-order valence-electron chi connectivity index (χ4n) is 2.23. The minimum Gasteiger partial charge on any atom is -0.313 e. The molecule has 2 heterocycles. The number of aromatic amines is 1. The van der Waals surface area contributed by atoms with E-state index in [9.17, 15) is 4.79 Å². The summed E-state index contributed by atoms with van der Waals surface area (Å²) in [5.41, 5.74) is -0.0579. The lowest BCUT2D eigenvalue weighted by Crippen LogP contribution is -2.09. The number of nitrogens with zero attached hydrogens (tertiary/aromatic N) is 1. The molecule has 0 aliphatic heterocycles. The monoisotopic (exact) mass is 328 g/mol. The van der Waals surface area contributed by atoms with E-state index < -0.39 is 0 Å². The summed E-state index contributed by atoms with van der Waals surface area (Å²) >= 11 is 7.67. The number of pyridine rings is 1. The minimum absolute atomic E-state index is 0. The minimum atomic E-state index is -0.0579. The van der Waals surface area contributed by atoms with Crippen LogP contribution in [0.25, 0.3) is 21.0 Å². The van der Waals surface area contributed by atoms with Crippen LogP contribution in [0.1, 0.15) is 4.88 Å². The zero-order valence-electron chi connectivity index (χ0n) is 11.1. The van der Waals surface area contributed by atoms with Gasteiger partial charge in [0.25, 0.3) is 5.56 Å². The van der Waals surface area contributed by atoms with E-state index in [-0.39, 0.29) is 18.0 Å².